The largest absolute Gasteiger partial charge is 0.392 e. The van der Waals surface area contributed by atoms with E-state index in [1.54, 1.807) is 12.3 Å². The molecule has 2 aromatic rings. The summed E-state index contributed by atoms with van der Waals surface area (Å²) in [7, 11) is 0. The number of aromatic nitrogens is 3. The summed E-state index contributed by atoms with van der Waals surface area (Å²) in [6.07, 6.45) is 3.15. The molecule has 0 atom stereocenters. The van der Waals surface area contributed by atoms with E-state index in [2.05, 4.69) is 34.1 Å². The SMILES string of the molecule is CC(C)CNc1cc(-c2cnc(N)c(CO)c2)ncn1. The van der Waals surface area contributed by atoms with E-state index < -0.39 is 0 Å². The maximum atomic E-state index is 9.22. The van der Waals surface area contributed by atoms with Crippen LogP contribution in [0.5, 0.6) is 0 Å². The van der Waals surface area contributed by atoms with Gasteiger partial charge in [0.2, 0.25) is 0 Å². The van der Waals surface area contributed by atoms with Crippen molar-refractivity contribution in [1.82, 2.24) is 15.0 Å². The van der Waals surface area contributed by atoms with E-state index in [9.17, 15) is 5.11 Å². The van der Waals surface area contributed by atoms with Crippen LogP contribution in [0.15, 0.2) is 24.7 Å². The van der Waals surface area contributed by atoms with Crippen LogP contribution in [-0.4, -0.2) is 26.6 Å². The molecule has 2 aromatic heterocycles. The van der Waals surface area contributed by atoms with Gasteiger partial charge in [0, 0.05) is 29.9 Å². The molecule has 6 heteroatoms. The van der Waals surface area contributed by atoms with Crippen LogP contribution in [0.1, 0.15) is 19.4 Å². The van der Waals surface area contributed by atoms with E-state index in [1.807, 2.05) is 6.07 Å². The van der Waals surface area contributed by atoms with E-state index in [1.165, 1.54) is 6.33 Å². The molecule has 4 N–H and O–H groups in total. The van der Waals surface area contributed by atoms with Crippen molar-refractivity contribution in [3.63, 3.8) is 0 Å². The lowest BCUT2D eigenvalue weighted by Crippen LogP contribution is -2.09. The second-order valence-electron chi connectivity index (χ2n) is 4.99. The first-order valence-electron chi connectivity index (χ1n) is 6.51. The van der Waals surface area contributed by atoms with Crippen molar-refractivity contribution in [2.24, 2.45) is 5.92 Å². The Balaban J connectivity index is 2.26. The fourth-order valence-electron chi connectivity index (χ4n) is 1.71. The molecule has 20 heavy (non-hydrogen) atoms. The second-order valence-corrected chi connectivity index (χ2v) is 4.99. The number of nitrogens with zero attached hydrogens (tertiary/aromatic N) is 3. The molecule has 0 saturated heterocycles. The molecule has 0 unspecified atom stereocenters. The van der Waals surface area contributed by atoms with Crippen LogP contribution >= 0.6 is 0 Å². The summed E-state index contributed by atoms with van der Waals surface area (Å²) < 4.78 is 0. The van der Waals surface area contributed by atoms with Crippen LogP contribution in [0.3, 0.4) is 0 Å². The van der Waals surface area contributed by atoms with Crippen molar-refractivity contribution in [1.29, 1.82) is 0 Å². The molecule has 0 aromatic carbocycles. The molecule has 0 amide bonds. The molecule has 0 fully saturated rings. The molecular formula is C14H19N5O. The number of nitrogens with one attached hydrogen (secondary N) is 1. The maximum Gasteiger partial charge on any atom is 0.129 e. The molecule has 2 rings (SSSR count). The third-order valence-electron chi connectivity index (χ3n) is 2.83. The van der Waals surface area contributed by atoms with Crippen molar-refractivity contribution < 1.29 is 5.11 Å². The van der Waals surface area contributed by atoms with Gasteiger partial charge in [-0.05, 0) is 12.0 Å². The Labute approximate surface area is 118 Å². The third-order valence-corrected chi connectivity index (χ3v) is 2.83. The number of anilines is 2. The van der Waals surface area contributed by atoms with Crippen LogP contribution in [0.2, 0.25) is 0 Å². The molecule has 0 bridgehead atoms. The lowest BCUT2D eigenvalue weighted by molar-refractivity contribution is 0.282. The second kappa shape index (κ2) is 6.29. The van der Waals surface area contributed by atoms with Gasteiger partial charge in [0.15, 0.2) is 0 Å². The fraction of sp³-hybridized carbons (Fsp3) is 0.357. The molecule has 0 aliphatic rings. The van der Waals surface area contributed by atoms with Crippen LogP contribution in [-0.2, 0) is 6.61 Å². The minimum Gasteiger partial charge on any atom is -0.392 e. The fourth-order valence-corrected chi connectivity index (χ4v) is 1.71. The number of hydrogen-bond donors (Lipinski definition) is 3. The molecule has 106 valence electrons. The van der Waals surface area contributed by atoms with Crippen molar-refractivity contribution in [3.05, 3.63) is 30.2 Å². The molecule has 0 aliphatic carbocycles. The van der Waals surface area contributed by atoms with Gasteiger partial charge in [-0.3, -0.25) is 0 Å². The van der Waals surface area contributed by atoms with E-state index >= 15 is 0 Å². The quantitative estimate of drug-likeness (QED) is 0.767. The number of nitrogens with two attached hydrogens (primary N) is 1. The molecular weight excluding hydrogens is 254 g/mol. The number of nitrogen functional groups attached to an aromatic ring is 1. The highest BCUT2D eigenvalue weighted by atomic mass is 16.3. The normalized spacial score (nSPS) is 10.8. The van der Waals surface area contributed by atoms with Crippen LogP contribution in [0.4, 0.5) is 11.6 Å². The topological polar surface area (TPSA) is 97.0 Å². The van der Waals surface area contributed by atoms with Gasteiger partial charge in [0.25, 0.3) is 0 Å². The van der Waals surface area contributed by atoms with Gasteiger partial charge in [-0.2, -0.15) is 0 Å². The summed E-state index contributed by atoms with van der Waals surface area (Å²) in [6, 6.07) is 3.65. The van der Waals surface area contributed by atoms with Crippen molar-refractivity contribution >= 4 is 11.6 Å². The summed E-state index contributed by atoms with van der Waals surface area (Å²) in [6.45, 7) is 4.97. The van der Waals surface area contributed by atoms with E-state index in [4.69, 9.17) is 5.73 Å². The summed E-state index contributed by atoms with van der Waals surface area (Å²) in [4.78, 5) is 12.5. The molecule has 0 radical (unpaired) electrons. The first-order valence-corrected chi connectivity index (χ1v) is 6.51. The third kappa shape index (κ3) is 3.42. The Morgan fingerprint density at radius 1 is 1.25 bits per heavy atom. The van der Waals surface area contributed by atoms with Crippen molar-refractivity contribution in [3.8, 4) is 11.3 Å². The van der Waals surface area contributed by atoms with Gasteiger partial charge in [0.1, 0.15) is 18.0 Å². The summed E-state index contributed by atoms with van der Waals surface area (Å²) in [5.74, 6) is 1.64. The molecule has 0 aliphatic heterocycles. The van der Waals surface area contributed by atoms with E-state index in [0.717, 1.165) is 23.6 Å². The number of aliphatic hydroxyl groups is 1. The number of hydrogen-bond acceptors (Lipinski definition) is 6. The smallest absolute Gasteiger partial charge is 0.129 e. The predicted molar refractivity (Wildman–Crippen MR) is 78.9 cm³/mol. The van der Waals surface area contributed by atoms with E-state index in [0.29, 0.717) is 17.3 Å². The van der Waals surface area contributed by atoms with Crippen LogP contribution in [0.25, 0.3) is 11.3 Å². The van der Waals surface area contributed by atoms with Gasteiger partial charge >= 0.3 is 0 Å². The highest BCUT2D eigenvalue weighted by Gasteiger charge is 2.06. The zero-order valence-electron chi connectivity index (χ0n) is 11.7. The Bertz CT molecular complexity index is 586. The Morgan fingerprint density at radius 3 is 2.75 bits per heavy atom. The highest BCUT2D eigenvalue weighted by molar-refractivity contribution is 5.64. The number of aliphatic hydroxyl groups excluding tert-OH is 1. The van der Waals surface area contributed by atoms with Crippen LogP contribution < -0.4 is 11.1 Å². The first-order chi connectivity index (χ1) is 9.60. The average Bonchev–Trinajstić information content (AvgIpc) is 2.46. The molecule has 2 heterocycles. The molecule has 6 nitrogen and oxygen atoms in total. The van der Waals surface area contributed by atoms with Crippen molar-refractivity contribution in [2.45, 2.75) is 20.5 Å². The lowest BCUT2D eigenvalue weighted by Gasteiger charge is -2.09. The summed E-state index contributed by atoms with van der Waals surface area (Å²) >= 11 is 0. The van der Waals surface area contributed by atoms with Gasteiger partial charge < -0.3 is 16.2 Å². The maximum absolute atomic E-state index is 9.22. The minimum absolute atomic E-state index is 0.143. The first kappa shape index (κ1) is 14.2. The monoisotopic (exact) mass is 273 g/mol. The van der Waals surface area contributed by atoms with E-state index in [-0.39, 0.29) is 6.61 Å². The summed E-state index contributed by atoms with van der Waals surface area (Å²) in [5, 5.41) is 12.5. The van der Waals surface area contributed by atoms with Crippen LogP contribution in [0, 0.1) is 5.92 Å². The van der Waals surface area contributed by atoms with Gasteiger partial charge in [-0.1, -0.05) is 13.8 Å². The summed E-state index contributed by atoms with van der Waals surface area (Å²) in [5.41, 5.74) is 7.82. The zero-order chi connectivity index (χ0) is 14.5. The Hall–Kier alpha value is -2.21. The number of rotatable bonds is 5. The Morgan fingerprint density at radius 2 is 2.05 bits per heavy atom. The van der Waals surface area contributed by atoms with Gasteiger partial charge in [-0.25, -0.2) is 15.0 Å². The zero-order valence-corrected chi connectivity index (χ0v) is 11.7. The lowest BCUT2D eigenvalue weighted by atomic mass is 10.1. The molecule has 0 saturated carbocycles. The molecule has 0 spiro atoms. The standard InChI is InChI=1S/C14H19N5O/c1-9(2)5-16-13-4-12(18-8-19-13)10-3-11(7-20)14(15)17-6-10/h3-4,6,8-9,20H,5,7H2,1-2H3,(H2,15,17)(H,16,18,19). The number of pyridine rings is 1. The average molecular weight is 273 g/mol. The van der Waals surface area contributed by atoms with Gasteiger partial charge in [-0.15, -0.1) is 0 Å². The van der Waals surface area contributed by atoms with Gasteiger partial charge in [0.05, 0.1) is 12.3 Å². The Kier molecular flexibility index (Phi) is 4.47. The minimum atomic E-state index is -0.143. The predicted octanol–water partition coefficient (Wildman–Crippen LogP) is 1.68. The highest BCUT2D eigenvalue weighted by Crippen LogP contribution is 2.21. The van der Waals surface area contributed by atoms with Crippen molar-refractivity contribution in [2.75, 3.05) is 17.6 Å².